The highest BCUT2D eigenvalue weighted by atomic mass is 19.2. The van der Waals surface area contributed by atoms with Crippen molar-refractivity contribution in [2.24, 2.45) is 0 Å². The molecule has 158 valence electrons. The Hall–Kier alpha value is -3.77. The van der Waals surface area contributed by atoms with Gasteiger partial charge in [0.2, 0.25) is 11.7 Å². The van der Waals surface area contributed by atoms with Gasteiger partial charge in [-0.15, -0.1) is 0 Å². The molecule has 0 saturated heterocycles. The molecule has 2 aromatic heterocycles. The van der Waals surface area contributed by atoms with Gasteiger partial charge in [0.05, 0.1) is 35.8 Å². The summed E-state index contributed by atoms with van der Waals surface area (Å²) in [5.74, 6) is -12.0. The SMILES string of the molecule is O=C(CCn1cc(C(=O)O)cn1)Nc1cnn(Cc2c(F)c(F)c(F)c(F)c2F)c1. The smallest absolute Gasteiger partial charge is 0.338 e. The summed E-state index contributed by atoms with van der Waals surface area (Å²) in [6.07, 6.45) is 4.57. The van der Waals surface area contributed by atoms with E-state index in [2.05, 4.69) is 15.5 Å². The molecule has 0 atom stereocenters. The van der Waals surface area contributed by atoms with Gasteiger partial charge >= 0.3 is 5.97 Å². The Labute approximate surface area is 164 Å². The molecule has 3 rings (SSSR count). The molecule has 0 radical (unpaired) electrons. The lowest BCUT2D eigenvalue weighted by molar-refractivity contribution is -0.116. The molecular weight excluding hydrogens is 417 g/mol. The van der Waals surface area contributed by atoms with E-state index in [1.54, 1.807) is 0 Å². The molecule has 0 aliphatic heterocycles. The molecule has 2 N–H and O–H groups in total. The van der Waals surface area contributed by atoms with Crippen LogP contribution in [-0.2, 0) is 17.9 Å². The summed E-state index contributed by atoms with van der Waals surface area (Å²) < 4.78 is 69.3. The lowest BCUT2D eigenvalue weighted by Crippen LogP contribution is -2.14. The number of carboxylic acids is 1. The minimum absolute atomic E-state index is 0.0372. The van der Waals surface area contributed by atoms with Crippen molar-refractivity contribution in [3.63, 3.8) is 0 Å². The van der Waals surface area contributed by atoms with Crippen LogP contribution < -0.4 is 5.32 Å². The van der Waals surface area contributed by atoms with Crippen LogP contribution in [0.4, 0.5) is 27.6 Å². The van der Waals surface area contributed by atoms with Crippen molar-refractivity contribution in [3.8, 4) is 0 Å². The van der Waals surface area contributed by atoms with Crippen molar-refractivity contribution >= 4 is 17.6 Å². The van der Waals surface area contributed by atoms with Crippen LogP contribution in [0, 0.1) is 29.1 Å². The average molecular weight is 429 g/mol. The summed E-state index contributed by atoms with van der Waals surface area (Å²) in [6, 6.07) is 0. The van der Waals surface area contributed by atoms with Gasteiger partial charge in [0.25, 0.3) is 0 Å². The number of anilines is 1. The van der Waals surface area contributed by atoms with Gasteiger partial charge in [0.15, 0.2) is 23.3 Å². The third-order valence-corrected chi connectivity index (χ3v) is 3.99. The van der Waals surface area contributed by atoms with E-state index in [9.17, 15) is 31.5 Å². The summed E-state index contributed by atoms with van der Waals surface area (Å²) in [5, 5.41) is 18.7. The molecule has 1 amide bonds. The third-order valence-electron chi connectivity index (χ3n) is 3.99. The van der Waals surface area contributed by atoms with E-state index >= 15 is 0 Å². The molecule has 0 aliphatic rings. The quantitative estimate of drug-likeness (QED) is 0.342. The van der Waals surface area contributed by atoms with Crippen molar-refractivity contribution in [2.75, 3.05) is 5.32 Å². The molecule has 0 aliphatic carbocycles. The van der Waals surface area contributed by atoms with E-state index in [1.807, 2.05) is 0 Å². The van der Waals surface area contributed by atoms with E-state index in [-0.39, 0.29) is 24.2 Å². The maximum atomic E-state index is 13.7. The molecular formula is C17H12F5N5O3. The Morgan fingerprint density at radius 1 is 0.900 bits per heavy atom. The van der Waals surface area contributed by atoms with Gasteiger partial charge in [0.1, 0.15) is 0 Å². The monoisotopic (exact) mass is 429 g/mol. The number of aromatic carboxylic acids is 1. The molecule has 0 spiro atoms. The number of benzene rings is 1. The number of hydrogen-bond acceptors (Lipinski definition) is 4. The summed E-state index contributed by atoms with van der Waals surface area (Å²) in [7, 11) is 0. The number of carboxylic acid groups (broad SMARTS) is 1. The molecule has 0 unspecified atom stereocenters. The first-order valence-electron chi connectivity index (χ1n) is 8.25. The standard InChI is InChI=1S/C17H12F5N5O3/c18-12-10(13(19)15(21)16(22)14(12)20)7-27-6-9(4-24-27)25-11(28)1-2-26-5-8(3-23-26)17(29)30/h3-6H,1-2,7H2,(H,25,28)(H,29,30). The molecule has 0 saturated carbocycles. The first-order valence-corrected chi connectivity index (χ1v) is 8.25. The fraction of sp³-hybridized carbons (Fsp3) is 0.176. The zero-order valence-electron chi connectivity index (χ0n) is 14.9. The fourth-order valence-corrected chi connectivity index (χ4v) is 2.50. The largest absolute Gasteiger partial charge is 0.478 e. The number of carbonyl (C=O) groups is 2. The van der Waals surface area contributed by atoms with Crippen LogP contribution >= 0.6 is 0 Å². The van der Waals surface area contributed by atoms with Crippen LogP contribution in [-0.4, -0.2) is 36.5 Å². The van der Waals surface area contributed by atoms with Crippen molar-refractivity contribution in [3.05, 3.63) is 65.0 Å². The average Bonchev–Trinajstić information content (AvgIpc) is 3.36. The van der Waals surface area contributed by atoms with Crippen LogP contribution in [0.2, 0.25) is 0 Å². The first-order chi connectivity index (χ1) is 14.2. The minimum Gasteiger partial charge on any atom is -0.478 e. The predicted molar refractivity (Wildman–Crippen MR) is 90.0 cm³/mol. The predicted octanol–water partition coefficient (Wildman–Crippen LogP) is 2.55. The van der Waals surface area contributed by atoms with E-state index in [4.69, 9.17) is 5.11 Å². The maximum absolute atomic E-state index is 13.7. The molecule has 0 bridgehead atoms. The number of rotatable bonds is 7. The van der Waals surface area contributed by atoms with Crippen LogP contribution in [0.15, 0.2) is 24.8 Å². The van der Waals surface area contributed by atoms with Gasteiger partial charge in [-0.3, -0.25) is 14.2 Å². The summed E-state index contributed by atoms with van der Waals surface area (Å²) in [6.45, 7) is -0.676. The maximum Gasteiger partial charge on any atom is 0.338 e. The topological polar surface area (TPSA) is 102 Å². The molecule has 13 heteroatoms. The number of aryl methyl sites for hydroxylation is 1. The Balaban J connectivity index is 1.63. The number of aromatic nitrogens is 4. The number of nitrogens with zero attached hydrogens (tertiary/aromatic N) is 4. The van der Waals surface area contributed by atoms with Gasteiger partial charge in [-0.2, -0.15) is 10.2 Å². The fourth-order valence-electron chi connectivity index (χ4n) is 2.50. The van der Waals surface area contributed by atoms with Crippen molar-refractivity contribution in [1.29, 1.82) is 0 Å². The Bertz CT molecular complexity index is 1100. The van der Waals surface area contributed by atoms with Gasteiger partial charge in [-0.1, -0.05) is 0 Å². The molecule has 8 nitrogen and oxygen atoms in total. The molecule has 2 heterocycles. The highest BCUT2D eigenvalue weighted by Crippen LogP contribution is 2.24. The van der Waals surface area contributed by atoms with E-state index < -0.39 is 53.1 Å². The number of hydrogen-bond donors (Lipinski definition) is 2. The second-order valence-electron chi connectivity index (χ2n) is 6.07. The Morgan fingerprint density at radius 2 is 1.50 bits per heavy atom. The lowest BCUT2D eigenvalue weighted by Gasteiger charge is -2.08. The third kappa shape index (κ3) is 4.29. The zero-order chi connectivity index (χ0) is 22.0. The highest BCUT2D eigenvalue weighted by molar-refractivity contribution is 5.90. The van der Waals surface area contributed by atoms with E-state index in [0.29, 0.717) is 0 Å². The number of carbonyl (C=O) groups excluding carboxylic acids is 1. The van der Waals surface area contributed by atoms with Gasteiger partial charge in [-0.25, -0.2) is 26.7 Å². The second-order valence-corrected chi connectivity index (χ2v) is 6.07. The van der Waals surface area contributed by atoms with Gasteiger partial charge in [0, 0.05) is 25.4 Å². The van der Waals surface area contributed by atoms with Crippen molar-refractivity contribution in [1.82, 2.24) is 19.6 Å². The normalized spacial score (nSPS) is 11.0. The molecule has 30 heavy (non-hydrogen) atoms. The minimum atomic E-state index is -2.25. The number of halogens is 5. The van der Waals surface area contributed by atoms with Crippen LogP contribution in [0.25, 0.3) is 0 Å². The number of amides is 1. The Kier molecular flexibility index (Phi) is 5.80. The summed E-state index contributed by atoms with van der Waals surface area (Å²) in [4.78, 5) is 22.7. The van der Waals surface area contributed by atoms with Gasteiger partial charge in [-0.05, 0) is 0 Å². The molecule has 3 aromatic rings. The molecule has 1 aromatic carbocycles. The van der Waals surface area contributed by atoms with Crippen LogP contribution in [0.3, 0.4) is 0 Å². The van der Waals surface area contributed by atoms with Crippen molar-refractivity contribution in [2.45, 2.75) is 19.5 Å². The summed E-state index contributed by atoms with van der Waals surface area (Å²) in [5.41, 5.74) is -0.985. The lowest BCUT2D eigenvalue weighted by atomic mass is 10.1. The highest BCUT2D eigenvalue weighted by Gasteiger charge is 2.26. The van der Waals surface area contributed by atoms with E-state index in [1.165, 1.54) is 10.9 Å². The Morgan fingerprint density at radius 3 is 2.10 bits per heavy atom. The van der Waals surface area contributed by atoms with Crippen LogP contribution in [0.1, 0.15) is 22.3 Å². The molecule has 0 fully saturated rings. The van der Waals surface area contributed by atoms with Crippen molar-refractivity contribution < 1.29 is 36.6 Å². The van der Waals surface area contributed by atoms with E-state index in [0.717, 1.165) is 23.3 Å². The first kappa shape index (κ1) is 21.0. The second kappa shape index (κ2) is 8.31. The van der Waals surface area contributed by atoms with Gasteiger partial charge < -0.3 is 10.4 Å². The van der Waals surface area contributed by atoms with Crippen LogP contribution in [0.5, 0.6) is 0 Å². The summed E-state index contributed by atoms with van der Waals surface area (Å²) >= 11 is 0. The zero-order valence-corrected chi connectivity index (χ0v) is 14.9. The number of nitrogens with one attached hydrogen (secondary N) is 1.